The Hall–Kier alpha value is -3.23. The Labute approximate surface area is 178 Å². The first-order valence-electron chi connectivity index (χ1n) is 9.60. The van der Waals surface area contributed by atoms with Crippen LogP contribution in [0.4, 0.5) is 0 Å². The van der Waals surface area contributed by atoms with Gasteiger partial charge in [0.1, 0.15) is 5.69 Å². The zero-order chi connectivity index (χ0) is 20.8. The molecule has 8 heteroatoms. The number of aromatic nitrogens is 2. The summed E-state index contributed by atoms with van der Waals surface area (Å²) in [6.45, 7) is 1.79. The highest BCUT2D eigenvalue weighted by molar-refractivity contribution is 7.13. The maximum absolute atomic E-state index is 12.1. The van der Waals surface area contributed by atoms with Crippen molar-refractivity contribution in [3.05, 3.63) is 65.7 Å². The molecule has 0 aliphatic carbocycles. The topological polar surface area (TPSA) is 73.7 Å². The van der Waals surface area contributed by atoms with E-state index in [1.165, 1.54) is 6.08 Å². The summed E-state index contributed by atoms with van der Waals surface area (Å²) in [7, 11) is 0. The minimum Gasteiger partial charge on any atom is -0.452 e. The number of rotatable bonds is 6. The SMILES string of the molecule is O=C(C=Cc1cn(-c2ccccc2)nc1-c1cccs1)OCC(=O)N1CCOCC1. The molecule has 30 heavy (non-hydrogen) atoms. The molecule has 0 saturated carbocycles. The van der Waals surface area contributed by atoms with Gasteiger partial charge in [0.25, 0.3) is 5.91 Å². The third-order valence-electron chi connectivity index (χ3n) is 4.62. The number of thiophene rings is 1. The van der Waals surface area contributed by atoms with Crippen LogP contribution in [0, 0.1) is 0 Å². The van der Waals surface area contributed by atoms with Crippen molar-refractivity contribution in [1.29, 1.82) is 0 Å². The van der Waals surface area contributed by atoms with E-state index in [1.54, 1.807) is 27.0 Å². The fraction of sp³-hybridized carbons (Fsp3) is 0.227. The summed E-state index contributed by atoms with van der Waals surface area (Å²) in [5.74, 6) is -0.780. The zero-order valence-corrected chi connectivity index (χ0v) is 17.1. The lowest BCUT2D eigenvalue weighted by molar-refractivity contribution is -0.150. The normalized spacial score (nSPS) is 14.2. The molecule has 0 bridgehead atoms. The standard InChI is InChI=1S/C22H21N3O4S/c26-20(24-10-12-28-13-11-24)16-29-21(27)9-8-17-15-25(18-5-2-1-3-6-18)23-22(17)19-7-4-14-30-19/h1-9,14-15H,10-13,16H2. The van der Waals surface area contributed by atoms with Crippen LogP contribution in [-0.2, 0) is 19.1 Å². The van der Waals surface area contributed by atoms with Gasteiger partial charge in [-0.25, -0.2) is 9.48 Å². The Morgan fingerprint density at radius 1 is 1.13 bits per heavy atom. The number of nitrogens with zero attached hydrogens (tertiary/aromatic N) is 3. The molecule has 1 fully saturated rings. The molecule has 0 unspecified atom stereocenters. The maximum atomic E-state index is 12.1. The quantitative estimate of drug-likeness (QED) is 0.450. The van der Waals surface area contributed by atoms with Crippen molar-refractivity contribution in [3.8, 4) is 16.3 Å². The highest BCUT2D eigenvalue weighted by Crippen LogP contribution is 2.28. The summed E-state index contributed by atoms with van der Waals surface area (Å²) in [4.78, 5) is 26.9. The molecule has 1 amide bonds. The van der Waals surface area contributed by atoms with Gasteiger partial charge >= 0.3 is 5.97 Å². The summed E-state index contributed by atoms with van der Waals surface area (Å²) < 4.78 is 12.1. The van der Waals surface area contributed by atoms with E-state index in [2.05, 4.69) is 5.10 Å². The van der Waals surface area contributed by atoms with Crippen molar-refractivity contribution in [3.63, 3.8) is 0 Å². The van der Waals surface area contributed by atoms with Gasteiger partial charge in [0, 0.05) is 30.9 Å². The van der Waals surface area contributed by atoms with Gasteiger partial charge in [0.2, 0.25) is 0 Å². The predicted molar refractivity (Wildman–Crippen MR) is 114 cm³/mol. The lowest BCUT2D eigenvalue weighted by Gasteiger charge is -2.26. The number of ether oxygens (including phenoxy) is 2. The molecule has 2 aromatic heterocycles. The van der Waals surface area contributed by atoms with Crippen molar-refractivity contribution in [1.82, 2.24) is 14.7 Å². The fourth-order valence-corrected chi connectivity index (χ4v) is 3.80. The van der Waals surface area contributed by atoms with Gasteiger partial charge < -0.3 is 14.4 Å². The lowest BCUT2D eigenvalue weighted by Crippen LogP contribution is -2.42. The van der Waals surface area contributed by atoms with Crippen LogP contribution in [0.5, 0.6) is 0 Å². The van der Waals surface area contributed by atoms with Crippen LogP contribution in [0.25, 0.3) is 22.3 Å². The number of hydrogen-bond acceptors (Lipinski definition) is 6. The van der Waals surface area contributed by atoms with Gasteiger partial charge in [-0.05, 0) is 29.7 Å². The van der Waals surface area contributed by atoms with Crippen molar-refractivity contribution < 1.29 is 19.1 Å². The summed E-state index contributed by atoms with van der Waals surface area (Å²) in [5, 5.41) is 6.67. The van der Waals surface area contributed by atoms with E-state index in [1.807, 2.05) is 54.0 Å². The number of para-hydroxylation sites is 1. The average molecular weight is 423 g/mol. The smallest absolute Gasteiger partial charge is 0.331 e. The molecule has 154 valence electrons. The van der Waals surface area contributed by atoms with E-state index in [0.717, 1.165) is 21.8 Å². The minimum absolute atomic E-state index is 0.212. The summed E-state index contributed by atoms with van der Waals surface area (Å²) >= 11 is 1.58. The monoisotopic (exact) mass is 423 g/mol. The predicted octanol–water partition coefficient (Wildman–Crippen LogP) is 3.02. The second-order valence-electron chi connectivity index (χ2n) is 6.62. The molecule has 1 saturated heterocycles. The van der Waals surface area contributed by atoms with E-state index in [-0.39, 0.29) is 12.5 Å². The number of hydrogen-bond donors (Lipinski definition) is 0. The van der Waals surface area contributed by atoms with Crippen LogP contribution in [0.3, 0.4) is 0 Å². The van der Waals surface area contributed by atoms with Gasteiger partial charge in [0.05, 0.1) is 23.8 Å². The fourth-order valence-electron chi connectivity index (χ4n) is 3.07. The molecule has 3 heterocycles. The Balaban J connectivity index is 1.46. The van der Waals surface area contributed by atoms with Crippen molar-refractivity contribution in [2.75, 3.05) is 32.9 Å². The largest absolute Gasteiger partial charge is 0.452 e. The molecule has 0 atom stereocenters. The van der Waals surface area contributed by atoms with Gasteiger partial charge in [-0.2, -0.15) is 5.10 Å². The van der Waals surface area contributed by atoms with Crippen LogP contribution in [0.1, 0.15) is 5.56 Å². The van der Waals surface area contributed by atoms with Crippen molar-refractivity contribution in [2.24, 2.45) is 0 Å². The number of benzene rings is 1. The molecule has 0 radical (unpaired) electrons. The number of carbonyl (C=O) groups is 2. The van der Waals surface area contributed by atoms with E-state index >= 15 is 0 Å². The third kappa shape index (κ3) is 4.84. The van der Waals surface area contributed by atoms with Crippen LogP contribution < -0.4 is 0 Å². The molecule has 0 spiro atoms. The van der Waals surface area contributed by atoms with E-state index in [9.17, 15) is 9.59 Å². The Kier molecular flexibility index (Phi) is 6.36. The Morgan fingerprint density at radius 2 is 1.93 bits per heavy atom. The Morgan fingerprint density at radius 3 is 2.67 bits per heavy atom. The van der Waals surface area contributed by atoms with E-state index < -0.39 is 5.97 Å². The first kappa shape index (κ1) is 20.1. The van der Waals surface area contributed by atoms with Crippen molar-refractivity contribution >= 4 is 29.3 Å². The van der Waals surface area contributed by atoms with Crippen molar-refractivity contribution in [2.45, 2.75) is 0 Å². The summed E-state index contributed by atoms with van der Waals surface area (Å²) in [6.07, 6.45) is 4.87. The van der Waals surface area contributed by atoms with Gasteiger partial charge in [-0.3, -0.25) is 4.79 Å². The molecule has 3 aromatic rings. The van der Waals surface area contributed by atoms with Gasteiger partial charge in [0.15, 0.2) is 6.61 Å². The van der Waals surface area contributed by atoms with Crippen LogP contribution in [0.15, 0.2) is 60.1 Å². The van der Waals surface area contributed by atoms with Crippen LogP contribution in [-0.4, -0.2) is 59.5 Å². The minimum atomic E-state index is -0.568. The molecule has 0 N–H and O–H groups in total. The maximum Gasteiger partial charge on any atom is 0.331 e. The molecule has 4 rings (SSSR count). The second-order valence-corrected chi connectivity index (χ2v) is 7.57. The van der Waals surface area contributed by atoms with Gasteiger partial charge in [-0.15, -0.1) is 11.3 Å². The molecular formula is C22H21N3O4S. The summed E-state index contributed by atoms with van der Waals surface area (Å²) in [6, 6.07) is 13.7. The summed E-state index contributed by atoms with van der Waals surface area (Å²) in [5.41, 5.74) is 2.49. The zero-order valence-electron chi connectivity index (χ0n) is 16.3. The average Bonchev–Trinajstić information content (AvgIpc) is 3.47. The van der Waals surface area contributed by atoms with Gasteiger partial charge in [-0.1, -0.05) is 24.3 Å². The Bertz CT molecular complexity index is 1020. The molecular weight excluding hydrogens is 402 g/mol. The highest BCUT2D eigenvalue weighted by Gasteiger charge is 2.18. The highest BCUT2D eigenvalue weighted by atomic mass is 32.1. The van der Waals surface area contributed by atoms with Crippen LogP contribution in [0.2, 0.25) is 0 Å². The molecule has 1 aliphatic rings. The number of esters is 1. The number of morpholine rings is 1. The number of carbonyl (C=O) groups excluding carboxylic acids is 2. The number of amides is 1. The first-order chi connectivity index (χ1) is 14.7. The van der Waals surface area contributed by atoms with Crippen LogP contribution >= 0.6 is 11.3 Å². The molecule has 7 nitrogen and oxygen atoms in total. The first-order valence-corrected chi connectivity index (χ1v) is 10.5. The molecule has 1 aromatic carbocycles. The van der Waals surface area contributed by atoms with E-state index in [4.69, 9.17) is 9.47 Å². The molecule has 1 aliphatic heterocycles. The third-order valence-corrected chi connectivity index (χ3v) is 5.50. The lowest BCUT2D eigenvalue weighted by atomic mass is 10.2. The second kappa shape index (κ2) is 9.51. The van der Waals surface area contributed by atoms with E-state index in [0.29, 0.717) is 26.3 Å².